The van der Waals surface area contributed by atoms with Gasteiger partial charge in [-0.2, -0.15) is 0 Å². The van der Waals surface area contributed by atoms with Crippen LogP contribution in [0.4, 0.5) is 0 Å². The highest BCUT2D eigenvalue weighted by molar-refractivity contribution is 5.89. The van der Waals surface area contributed by atoms with Crippen LogP contribution in [-0.4, -0.2) is 23.4 Å². The van der Waals surface area contributed by atoms with Gasteiger partial charge in [-0.3, -0.25) is 0 Å². The minimum absolute atomic E-state index is 0.235. The molecule has 0 saturated heterocycles. The highest BCUT2D eigenvalue weighted by Gasteiger charge is 2.11. The van der Waals surface area contributed by atoms with Gasteiger partial charge in [-0.25, -0.2) is 0 Å². The van der Waals surface area contributed by atoms with Crippen LogP contribution >= 0.6 is 0 Å². The number of aliphatic hydroxyl groups excluding tert-OH is 1. The van der Waals surface area contributed by atoms with Crippen molar-refractivity contribution in [3.63, 3.8) is 0 Å². The van der Waals surface area contributed by atoms with Gasteiger partial charge in [0.25, 0.3) is 0 Å². The molecule has 0 bridgehead atoms. The molecule has 0 unspecified atom stereocenters. The number of hydrogen-bond acceptors (Lipinski definition) is 2. The maximum atomic E-state index is 8.93. The number of hydrogen-bond donors (Lipinski definition) is 1. The molecule has 0 radical (unpaired) electrons. The van der Waals surface area contributed by atoms with E-state index in [9.17, 15) is 0 Å². The molecule has 17 heavy (non-hydrogen) atoms. The Morgan fingerprint density at radius 3 is 2.76 bits per heavy atom. The van der Waals surface area contributed by atoms with Gasteiger partial charge in [-0.15, -0.1) is 0 Å². The van der Waals surface area contributed by atoms with Crippen LogP contribution in [-0.2, 0) is 13.5 Å². The van der Waals surface area contributed by atoms with Crippen molar-refractivity contribution in [2.24, 2.45) is 7.05 Å². The third kappa shape index (κ3) is 2.15. The zero-order valence-electron chi connectivity index (χ0n) is 10.7. The maximum Gasteiger partial charge on any atom is 0.143 e. The van der Waals surface area contributed by atoms with Crippen LogP contribution < -0.4 is 4.74 Å². The lowest BCUT2D eigenvalue weighted by Crippen LogP contribution is -1.91. The van der Waals surface area contributed by atoms with Crippen molar-refractivity contribution in [3.05, 3.63) is 29.5 Å². The van der Waals surface area contributed by atoms with E-state index in [2.05, 4.69) is 29.8 Å². The molecule has 1 aromatic heterocycles. The number of rotatable bonds is 4. The first kappa shape index (κ1) is 12.0. The summed E-state index contributed by atoms with van der Waals surface area (Å²) in [5.41, 5.74) is 3.61. The first-order valence-corrected chi connectivity index (χ1v) is 5.90. The molecule has 0 amide bonds. The minimum atomic E-state index is 0.235. The Hall–Kier alpha value is -1.48. The van der Waals surface area contributed by atoms with Gasteiger partial charge >= 0.3 is 0 Å². The average molecular weight is 233 g/mol. The topological polar surface area (TPSA) is 34.4 Å². The second-order valence-electron chi connectivity index (χ2n) is 4.46. The molecule has 0 fully saturated rings. The number of fused-ring (bicyclic) bond motifs is 1. The summed E-state index contributed by atoms with van der Waals surface area (Å²) < 4.78 is 7.53. The predicted molar refractivity (Wildman–Crippen MR) is 69.6 cm³/mol. The smallest absolute Gasteiger partial charge is 0.143 e. The van der Waals surface area contributed by atoms with Gasteiger partial charge in [0, 0.05) is 25.2 Å². The van der Waals surface area contributed by atoms with Crippen molar-refractivity contribution in [2.75, 3.05) is 13.7 Å². The second-order valence-corrected chi connectivity index (χ2v) is 4.46. The van der Waals surface area contributed by atoms with Crippen molar-refractivity contribution in [3.8, 4) is 5.75 Å². The predicted octanol–water partition coefficient (Wildman–Crippen LogP) is 2.42. The molecule has 0 aliphatic rings. The summed E-state index contributed by atoms with van der Waals surface area (Å²) in [6.07, 6.45) is 3.83. The number of aryl methyl sites for hydroxylation is 3. The monoisotopic (exact) mass is 233 g/mol. The molecular weight excluding hydrogens is 214 g/mol. The third-order valence-corrected chi connectivity index (χ3v) is 3.09. The molecule has 2 rings (SSSR count). The fraction of sp³-hybridized carbons (Fsp3) is 0.429. The van der Waals surface area contributed by atoms with Gasteiger partial charge in [0.05, 0.1) is 12.6 Å². The van der Waals surface area contributed by atoms with Crippen LogP contribution in [0.1, 0.15) is 17.5 Å². The van der Waals surface area contributed by atoms with Crippen molar-refractivity contribution in [1.29, 1.82) is 0 Å². The lowest BCUT2D eigenvalue weighted by Gasteiger charge is -2.06. The molecule has 2 aromatic rings. The maximum absolute atomic E-state index is 8.93. The molecule has 0 aliphatic carbocycles. The molecule has 1 aromatic carbocycles. The van der Waals surface area contributed by atoms with E-state index in [0.29, 0.717) is 0 Å². The molecule has 3 heteroatoms. The Bertz CT molecular complexity index is 528. The Morgan fingerprint density at radius 1 is 1.35 bits per heavy atom. The summed E-state index contributed by atoms with van der Waals surface area (Å²) in [6.45, 7) is 2.31. The van der Waals surface area contributed by atoms with E-state index in [-0.39, 0.29) is 6.61 Å². The number of aromatic nitrogens is 1. The Labute approximate surface area is 102 Å². The summed E-state index contributed by atoms with van der Waals surface area (Å²) in [5, 5.41) is 10.2. The average Bonchev–Trinajstić information content (AvgIpc) is 2.62. The first-order valence-electron chi connectivity index (χ1n) is 5.90. The van der Waals surface area contributed by atoms with Crippen LogP contribution in [0.2, 0.25) is 0 Å². The van der Waals surface area contributed by atoms with E-state index in [1.54, 1.807) is 7.11 Å². The Kier molecular flexibility index (Phi) is 3.38. The highest BCUT2D eigenvalue weighted by atomic mass is 16.5. The van der Waals surface area contributed by atoms with Crippen LogP contribution in [0.3, 0.4) is 0 Å². The molecular formula is C14H19NO2. The fourth-order valence-electron chi connectivity index (χ4n) is 2.35. The van der Waals surface area contributed by atoms with Crippen LogP contribution in [0.25, 0.3) is 10.9 Å². The van der Waals surface area contributed by atoms with Crippen LogP contribution in [0.5, 0.6) is 5.75 Å². The van der Waals surface area contributed by atoms with Crippen molar-refractivity contribution in [2.45, 2.75) is 19.8 Å². The fourth-order valence-corrected chi connectivity index (χ4v) is 2.35. The van der Waals surface area contributed by atoms with Gasteiger partial charge < -0.3 is 14.4 Å². The number of ether oxygens (including phenoxy) is 1. The zero-order chi connectivity index (χ0) is 12.4. The van der Waals surface area contributed by atoms with Crippen LogP contribution in [0.15, 0.2) is 18.3 Å². The molecule has 0 saturated carbocycles. The van der Waals surface area contributed by atoms with E-state index in [0.717, 1.165) is 24.1 Å². The summed E-state index contributed by atoms with van der Waals surface area (Å²) in [5.74, 6) is 0.915. The van der Waals surface area contributed by atoms with Crippen LogP contribution in [0, 0.1) is 6.92 Å². The quantitative estimate of drug-likeness (QED) is 0.880. The minimum Gasteiger partial charge on any atom is -0.495 e. The normalized spacial score (nSPS) is 11.1. The van der Waals surface area contributed by atoms with E-state index < -0.39 is 0 Å². The van der Waals surface area contributed by atoms with E-state index in [1.807, 2.05) is 7.05 Å². The van der Waals surface area contributed by atoms with Gasteiger partial charge in [-0.05, 0) is 43.0 Å². The molecule has 0 spiro atoms. The summed E-state index contributed by atoms with van der Waals surface area (Å²) in [6, 6.07) is 4.24. The van der Waals surface area contributed by atoms with E-state index in [4.69, 9.17) is 9.84 Å². The molecule has 3 nitrogen and oxygen atoms in total. The molecule has 1 N–H and O–H groups in total. The lowest BCUT2D eigenvalue weighted by atomic mass is 10.1. The Morgan fingerprint density at radius 2 is 2.12 bits per heavy atom. The lowest BCUT2D eigenvalue weighted by molar-refractivity contribution is 0.288. The summed E-state index contributed by atoms with van der Waals surface area (Å²) >= 11 is 0. The molecule has 0 aliphatic heterocycles. The Balaban J connectivity index is 2.60. The SMILES string of the molecule is COc1cc(C)cc2c(CCCO)cn(C)c12. The van der Waals surface area contributed by atoms with Crippen molar-refractivity contribution >= 4 is 10.9 Å². The van der Waals surface area contributed by atoms with Gasteiger partial charge in [-0.1, -0.05) is 0 Å². The third-order valence-electron chi connectivity index (χ3n) is 3.09. The number of nitrogens with zero attached hydrogens (tertiary/aromatic N) is 1. The number of methoxy groups -OCH3 is 1. The molecule has 0 atom stereocenters. The van der Waals surface area contributed by atoms with E-state index in [1.165, 1.54) is 16.5 Å². The van der Waals surface area contributed by atoms with Crippen molar-refractivity contribution < 1.29 is 9.84 Å². The number of aliphatic hydroxyl groups is 1. The zero-order valence-corrected chi connectivity index (χ0v) is 10.7. The molecule has 1 heterocycles. The second kappa shape index (κ2) is 4.80. The van der Waals surface area contributed by atoms with E-state index >= 15 is 0 Å². The number of benzene rings is 1. The molecule has 92 valence electrons. The summed E-state index contributed by atoms with van der Waals surface area (Å²) in [7, 11) is 3.73. The largest absolute Gasteiger partial charge is 0.495 e. The van der Waals surface area contributed by atoms with Gasteiger partial charge in [0.1, 0.15) is 5.75 Å². The standard InChI is InChI=1S/C14H19NO2/c1-10-7-12-11(5-4-6-16)9-15(2)14(12)13(8-10)17-3/h7-9,16H,4-6H2,1-3H3. The first-order chi connectivity index (χ1) is 8.17. The summed E-state index contributed by atoms with van der Waals surface area (Å²) in [4.78, 5) is 0. The highest BCUT2D eigenvalue weighted by Crippen LogP contribution is 2.31. The van der Waals surface area contributed by atoms with Gasteiger partial charge in [0.2, 0.25) is 0 Å². The van der Waals surface area contributed by atoms with Crippen molar-refractivity contribution in [1.82, 2.24) is 4.57 Å². The van der Waals surface area contributed by atoms with Gasteiger partial charge in [0.15, 0.2) is 0 Å².